The van der Waals surface area contributed by atoms with Crippen LogP contribution in [0.15, 0.2) is 72.1 Å². The van der Waals surface area contributed by atoms with E-state index in [1.54, 1.807) is 43.4 Å². The van der Waals surface area contributed by atoms with Gasteiger partial charge in [0, 0.05) is 31.0 Å². The number of amides is 3. The average molecular weight is 561 g/mol. The molecule has 2 unspecified atom stereocenters. The maximum atomic E-state index is 13.8. The maximum absolute atomic E-state index is 13.8. The van der Waals surface area contributed by atoms with E-state index in [1.807, 2.05) is 24.3 Å². The Labute approximate surface area is 235 Å². The molecule has 0 radical (unpaired) electrons. The van der Waals surface area contributed by atoms with E-state index in [1.165, 1.54) is 23.5 Å². The van der Waals surface area contributed by atoms with Crippen LogP contribution in [0.5, 0.6) is 11.5 Å². The van der Waals surface area contributed by atoms with E-state index in [2.05, 4.69) is 15.3 Å². The molecule has 206 valence electrons. The SMILES string of the molecule is COc1ccc(N2CCCC(N3C(=O)C(CC(=O)Nc4cnccn4)SC3=Nc3ccccc3OC)C2=O)cc1. The van der Waals surface area contributed by atoms with Crippen molar-refractivity contribution in [3.05, 3.63) is 67.1 Å². The zero-order chi connectivity index (χ0) is 28.1. The Kier molecular flexibility index (Phi) is 8.25. The van der Waals surface area contributed by atoms with Gasteiger partial charge in [-0.1, -0.05) is 23.9 Å². The van der Waals surface area contributed by atoms with Gasteiger partial charge in [-0.2, -0.15) is 0 Å². The number of carbonyl (C=O) groups is 3. The first-order valence-corrected chi connectivity index (χ1v) is 13.6. The lowest BCUT2D eigenvalue weighted by atomic mass is 10.0. The van der Waals surface area contributed by atoms with E-state index in [4.69, 9.17) is 14.5 Å². The van der Waals surface area contributed by atoms with Gasteiger partial charge in [0.1, 0.15) is 28.5 Å². The van der Waals surface area contributed by atoms with Gasteiger partial charge in [-0.05, 0) is 49.2 Å². The minimum atomic E-state index is -0.769. The third kappa shape index (κ3) is 5.76. The molecule has 2 saturated heterocycles. The fraction of sp³-hybridized carbons (Fsp3) is 0.286. The normalized spacial score (nSPS) is 20.1. The van der Waals surface area contributed by atoms with E-state index >= 15 is 0 Å². The van der Waals surface area contributed by atoms with Gasteiger partial charge in [0.2, 0.25) is 17.7 Å². The summed E-state index contributed by atoms with van der Waals surface area (Å²) in [5.74, 6) is 0.567. The molecule has 0 aliphatic carbocycles. The van der Waals surface area contributed by atoms with Crippen molar-refractivity contribution >= 4 is 51.8 Å². The van der Waals surface area contributed by atoms with Crippen molar-refractivity contribution in [3.63, 3.8) is 0 Å². The van der Waals surface area contributed by atoms with Gasteiger partial charge >= 0.3 is 0 Å². The molecule has 0 spiro atoms. The van der Waals surface area contributed by atoms with E-state index in [9.17, 15) is 14.4 Å². The second-order valence-electron chi connectivity index (χ2n) is 9.07. The number of benzene rings is 2. The molecule has 3 amide bonds. The summed E-state index contributed by atoms with van der Waals surface area (Å²) in [5, 5.41) is 2.25. The molecule has 1 N–H and O–H groups in total. The molecule has 40 heavy (non-hydrogen) atoms. The highest BCUT2D eigenvalue weighted by atomic mass is 32.2. The Balaban J connectivity index is 1.44. The molecule has 2 aliphatic heterocycles. The summed E-state index contributed by atoms with van der Waals surface area (Å²) in [4.78, 5) is 56.3. The summed E-state index contributed by atoms with van der Waals surface area (Å²) in [6.07, 6.45) is 5.44. The van der Waals surface area contributed by atoms with Crippen molar-refractivity contribution in [2.45, 2.75) is 30.6 Å². The molecule has 5 rings (SSSR count). The van der Waals surface area contributed by atoms with Crippen LogP contribution in [0.3, 0.4) is 0 Å². The van der Waals surface area contributed by atoms with Crippen LogP contribution in [0.1, 0.15) is 19.3 Å². The lowest BCUT2D eigenvalue weighted by Gasteiger charge is -2.36. The number of amidine groups is 1. The topological polar surface area (TPSA) is 126 Å². The highest BCUT2D eigenvalue weighted by Gasteiger charge is 2.47. The second kappa shape index (κ2) is 12.2. The van der Waals surface area contributed by atoms with Crippen molar-refractivity contribution < 1.29 is 23.9 Å². The first-order valence-electron chi connectivity index (χ1n) is 12.7. The van der Waals surface area contributed by atoms with Crippen LogP contribution in [0.4, 0.5) is 17.2 Å². The molecule has 2 aliphatic rings. The lowest BCUT2D eigenvalue weighted by molar-refractivity contribution is -0.135. The number of anilines is 2. The number of hydrogen-bond acceptors (Lipinski definition) is 9. The minimum absolute atomic E-state index is 0.120. The van der Waals surface area contributed by atoms with Crippen LogP contribution < -0.4 is 19.7 Å². The Morgan fingerprint density at radius 3 is 2.60 bits per heavy atom. The Morgan fingerprint density at radius 2 is 1.88 bits per heavy atom. The number of hydrogen-bond donors (Lipinski definition) is 1. The highest BCUT2D eigenvalue weighted by molar-refractivity contribution is 8.15. The largest absolute Gasteiger partial charge is 0.497 e. The van der Waals surface area contributed by atoms with Crippen LogP contribution in [0, 0.1) is 0 Å². The standard InChI is InChI=1S/C28H28N6O5S/c1-38-19-11-9-18(10-12-19)33-15-5-7-21(26(33)36)34-27(37)23(16-25(35)32-24-17-29-13-14-30-24)40-28(34)31-20-6-3-4-8-22(20)39-2/h3-4,6,8-14,17,21,23H,5,7,15-16H2,1-2H3,(H,30,32,35). The number of nitrogens with zero attached hydrogens (tertiary/aromatic N) is 5. The van der Waals surface area contributed by atoms with Gasteiger partial charge in [0.05, 0.1) is 20.4 Å². The predicted octanol–water partition coefficient (Wildman–Crippen LogP) is 3.65. The third-order valence-electron chi connectivity index (χ3n) is 6.58. The first kappa shape index (κ1) is 27.1. The van der Waals surface area contributed by atoms with Crippen LogP contribution in [0.25, 0.3) is 0 Å². The van der Waals surface area contributed by atoms with E-state index in [0.29, 0.717) is 47.6 Å². The fourth-order valence-electron chi connectivity index (χ4n) is 4.65. The maximum Gasteiger partial charge on any atom is 0.250 e. The van der Waals surface area contributed by atoms with Gasteiger partial charge < -0.3 is 19.7 Å². The zero-order valence-corrected chi connectivity index (χ0v) is 22.8. The van der Waals surface area contributed by atoms with Gasteiger partial charge in [0.25, 0.3) is 0 Å². The number of thioether (sulfide) groups is 1. The molecular formula is C28H28N6O5S. The van der Waals surface area contributed by atoms with Gasteiger partial charge in [-0.25, -0.2) is 9.98 Å². The van der Waals surface area contributed by atoms with Crippen LogP contribution in [-0.4, -0.2) is 69.8 Å². The van der Waals surface area contributed by atoms with Crippen molar-refractivity contribution in [2.75, 3.05) is 31.0 Å². The number of carbonyl (C=O) groups excluding carboxylic acids is 3. The third-order valence-corrected chi connectivity index (χ3v) is 7.73. The van der Waals surface area contributed by atoms with Gasteiger partial charge in [-0.15, -0.1) is 0 Å². The zero-order valence-electron chi connectivity index (χ0n) is 22.0. The summed E-state index contributed by atoms with van der Waals surface area (Å²) < 4.78 is 10.7. The Morgan fingerprint density at radius 1 is 1.07 bits per heavy atom. The fourth-order valence-corrected chi connectivity index (χ4v) is 5.83. The van der Waals surface area contributed by atoms with E-state index < -0.39 is 11.3 Å². The quantitative estimate of drug-likeness (QED) is 0.443. The molecular weight excluding hydrogens is 532 g/mol. The molecule has 0 bridgehead atoms. The summed E-state index contributed by atoms with van der Waals surface area (Å²) >= 11 is 1.16. The number of aromatic nitrogens is 2. The van der Waals surface area contributed by atoms with Crippen LogP contribution >= 0.6 is 11.8 Å². The number of aliphatic imine (C=N–C) groups is 1. The Bertz CT molecular complexity index is 1420. The highest BCUT2D eigenvalue weighted by Crippen LogP contribution is 2.38. The number of rotatable bonds is 8. The molecule has 11 nitrogen and oxygen atoms in total. The van der Waals surface area contributed by atoms with Crippen LogP contribution in [-0.2, 0) is 14.4 Å². The van der Waals surface area contributed by atoms with Crippen LogP contribution in [0.2, 0.25) is 0 Å². The number of para-hydroxylation sites is 2. The van der Waals surface area contributed by atoms with Crippen molar-refractivity contribution in [2.24, 2.45) is 4.99 Å². The molecule has 1 aromatic heterocycles. The van der Waals surface area contributed by atoms with Crippen molar-refractivity contribution in [1.29, 1.82) is 0 Å². The molecule has 3 heterocycles. The van der Waals surface area contributed by atoms with E-state index in [0.717, 1.165) is 17.4 Å². The molecule has 2 aromatic carbocycles. The molecule has 2 atom stereocenters. The Hall–Kier alpha value is -4.45. The van der Waals surface area contributed by atoms with Crippen molar-refractivity contribution in [1.82, 2.24) is 14.9 Å². The number of ether oxygens (including phenoxy) is 2. The summed E-state index contributed by atoms with van der Waals surface area (Å²) in [7, 11) is 3.13. The van der Waals surface area contributed by atoms with E-state index in [-0.39, 0.29) is 24.1 Å². The summed E-state index contributed by atoms with van der Waals surface area (Å²) in [5.41, 5.74) is 1.24. The monoisotopic (exact) mass is 560 g/mol. The first-order chi connectivity index (χ1) is 19.5. The lowest BCUT2D eigenvalue weighted by Crippen LogP contribution is -2.54. The van der Waals surface area contributed by atoms with Gasteiger partial charge in [0.15, 0.2) is 11.0 Å². The summed E-state index contributed by atoms with van der Waals surface area (Å²) in [6.45, 7) is 0.528. The second-order valence-corrected chi connectivity index (χ2v) is 10.2. The number of piperidine rings is 1. The smallest absolute Gasteiger partial charge is 0.250 e. The number of nitrogens with one attached hydrogen (secondary N) is 1. The van der Waals surface area contributed by atoms with Gasteiger partial charge in [-0.3, -0.25) is 24.3 Å². The van der Waals surface area contributed by atoms with Crippen molar-refractivity contribution in [3.8, 4) is 11.5 Å². The molecule has 2 fully saturated rings. The average Bonchev–Trinajstić information content (AvgIpc) is 3.27. The predicted molar refractivity (Wildman–Crippen MR) is 152 cm³/mol. The summed E-state index contributed by atoms with van der Waals surface area (Å²) in [6, 6.07) is 13.7. The molecule has 3 aromatic rings. The molecule has 12 heteroatoms. The number of methoxy groups -OCH3 is 2. The molecule has 0 saturated carbocycles. The minimum Gasteiger partial charge on any atom is -0.497 e.